The molecule has 0 saturated heterocycles. The largest absolute Gasteiger partial charge is 0.322 e. The number of anilines is 1. The van der Waals surface area contributed by atoms with Crippen molar-refractivity contribution in [2.45, 2.75) is 0 Å². The van der Waals surface area contributed by atoms with Crippen molar-refractivity contribution in [3.63, 3.8) is 0 Å². The number of carbonyl (C=O) groups is 1. The highest BCUT2D eigenvalue weighted by atomic mass is 16.1. The van der Waals surface area contributed by atoms with Gasteiger partial charge < -0.3 is 5.32 Å². The maximum atomic E-state index is 12.1. The molecule has 96 valence electrons. The van der Waals surface area contributed by atoms with Crippen molar-refractivity contribution in [3.8, 4) is 6.07 Å². The van der Waals surface area contributed by atoms with Crippen LogP contribution in [0.3, 0.4) is 0 Å². The first-order valence-electron chi connectivity index (χ1n) is 6.01. The highest BCUT2D eigenvalue weighted by Gasteiger charge is 2.06. The summed E-state index contributed by atoms with van der Waals surface area (Å²) in [7, 11) is 0. The minimum Gasteiger partial charge on any atom is -0.322 e. The predicted octanol–water partition coefficient (Wildman–Crippen LogP) is 2.46. The molecular weight excluding hydrogens is 252 g/mol. The van der Waals surface area contributed by atoms with Gasteiger partial charge in [0.05, 0.1) is 17.1 Å². The van der Waals surface area contributed by atoms with Gasteiger partial charge in [-0.15, -0.1) is 0 Å². The fraction of sp³-hybridized carbons (Fsp3) is 0. The Morgan fingerprint density at radius 2 is 2.00 bits per heavy atom. The van der Waals surface area contributed by atoms with Gasteiger partial charge >= 0.3 is 0 Å². The normalized spacial score (nSPS) is 10.2. The Hall–Kier alpha value is -3.13. The van der Waals surface area contributed by atoms with Gasteiger partial charge in [0, 0.05) is 23.6 Å². The number of hydrogen-bond acceptors (Lipinski definition) is 3. The molecule has 0 aliphatic carbocycles. The lowest BCUT2D eigenvalue weighted by atomic mass is 10.1. The zero-order valence-corrected chi connectivity index (χ0v) is 10.4. The number of amides is 1. The van der Waals surface area contributed by atoms with E-state index in [-0.39, 0.29) is 5.91 Å². The summed E-state index contributed by atoms with van der Waals surface area (Å²) < 4.78 is 1.72. The maximum Gasteiger partial charge on any atom is 0.255 e. The van der Waals surface area contributed by atoms with Crippen molar-refractivity contribution >= 4 is 17.1 Å². The van der Waals surface area contributed by atoms with Crippen LogP contribution in [0.1, 0.15) is 15.9 Å². The molecule has 2 aromatic heterocycles. The molecule has 0 fully saturated rings. The number of fused-ring (bicyclic) bond motifs is 1. The number of nitrogens with one attached hydrogen (secondary N) is 1. The summed E-state index contributed by atoms with van der Waals surface area (Å²) in [6.07, 6.45) is 3.48. The number of aromatic nitrogens is 2. The molecule has 20 heavy (non-hydrogen) atoms. The summed E-state index contributed by atoms with van der Waals surface area (Å²) in [5.41, 5.74) is 2.65. The standard InChI is InChI=1S/C15H10N4O/c16-10-11-1-3-12(4-2-11)15(20)18-13-6-8-19-14(9-13)5-7-17-19/h1-9H,(H,18,20). The zero-order valence-electron chi connectivity index (χ0n) is 10.4. The molecule has 0 unspecified atom stereocenters. The first-order valence-corrected chi connectivity index (χ1v) is 6.01. The van der Waals surface area contributed by atoms with E-state index in [1.807, 2.05) is 18.2 Å². The zero-order chi connectivity index (χ0) is 13.9. The lowest BCUT2D eigenvalue weighted by Crippen LogP contribution is -2.11. The van der Waals surface area contributed by atoms with E-state index >= 15 is 0 Å². The third-order valence-corrected chi connectivity index (χ3v) is 2.93. The Balaban J connectivity index is 1.82. The van der Waals surface area contributed by atoms with E-state index < -0.39 is 0 Å². The first-order chi connectivity index (χ1) is 9.76. The molecule has 5 heteroatoms. The second kappa shape index (κ2) is 4.86. The van der Waals surface area contributed by atoms with Gasteiger partial charge in [0.25, 0.3) is 5.91 Å². The second-order valence-electron chi connectivity index (χ2n) is 4.26. The lowest BCUT2D eigenvalue weighted by Gasteiger charge is -2.05. The average Bonchev–Trinajstić information content (AvgIpc) is 2.95. The number of pyridine rings is 1. The summed E-state index contributed by atoms with van der Waals surface area (Å²) in [4.78, 5) is 12.1. The number of hydrogen-bond donors (Lipinski definition) is 1. The molecule has 3 rings (SSSR count). The molecule has 0 aliphatic heterocycles. The smallest absolute Gasteiger partial charge is 0.255 e. The third kappa shape index (κ3) is 2.22. The van der Waals surface area contributed by atoms with Gasteiger partial charge in [-0.25, -0.2) is 4.52 Å². The van der Waals surface area contributed by atoms with Crippen LogP contribution in [0.5, 0.6) is 0 Å². The van der Waals surface area contributed by atoms with Crippen LogP contribution in [0.15, 0.2) is 54.9 Å². The Morgan fingerprint density at radius 3 is 2.75 bits per heavy atom. The van der Waals surface area contributed by atoms with E-state index in [1.54, 1.807) is 47.2 Å². The van der Waals surface area contributed by atoms with Gasteiger partial charge in [-0.05, 0) is 42.5 Å². The molecule has 1 amide bonds. The van der Waals surface area contributed by atoms with E-state index in [0.29, 0.717) is 16.8 Å². The first kappa shape index (κ1) is 11.9. The monoisotopic (exact) mass is 262 g/mol. The number of rotatable bonds is 2. The summed E-state index contributed by atoms with van der Waals surface area (Å²) in [5.74, 6) is -0.210. The van der Waals surface area contributed by atoms with Crippen LogP contribution >= 0.6 is 0 Å². The van der Waals surface area contributed by atoms with Gasteiger partial charge in [-0.3, -0.25) is 4.79 Å². The molecule has 0 bridgehead atoms. The predicted molar refractivity (Wildman–Crippen MR) is 74.3 cm³/mol. The van der Waals surface area contributed by atoms with Crippen molar-refractivity contribution in [3.05, 3.63) is 66.0 Å². The molecule has 5 nitrogen and oxygen atoms in total. The molecule has 1 aromatic carbocycles. The third-order valence-electron chi connectivity index (χ3n) is 2.93. The van der Waals surface area contributed by atoms with Crippen LogP contribution < -0.4 is 5.32 Å². The van der Waals surface area contributed by atoms with E-state index in [9.17, 15) is 4.79 Å². The highest BCUT2D eigenvalue weighted by molar-refractivity contribution is 6.04. The Kier molecular flexibility index (Phi) is 2.90. The SMILES string of the molecule is N#Cc1ccc(C(=O)Nc2ccn3nccc3c2)cc1. The van der Waals surface area contributed by atoms with Crippen LogP contribution in [-0.4, -0.2) is 15.5 Å². The summed E-state index contributed by atoms with van der Waals surface area (Å²) in [6.45, 7) is 0. The number of nitriles is 1. The van der Waals surface area contributed by atoms with E-state index in [4.69, 9.17) is 5.26 Å². The molecule has 0 atom stereocenters. The van der Waals surface area contributed by atoms with Crippen molar-refractivity contribution in [2.24, 2.45) is 0 Å². The van der Waals surface area contributed by atoms with Crippen LogP contribution in [0.2, 0.25) is 0 Å². The van der Waals surface area contributed by atoms with E-state index in [1.165, 1.54) is 0 Å². The van der Waals surface area contributed by atoms with Crippen LogP contribution in [0.4, 0.5) is 5.69 Å². The van der Waals surface area contributed by atoms with Crippen LogP contribution in [-0.2, 0) is 0 Å². The number of carbonyl (C=O) groups excluding carboxylic acids is 1. The van der Waals surface area contributed by atoms with Gasteiger partial charge in [0.2, 0.25) is 0 Å². The van der Waals surface area contributed by atoms with Gasteiger partial charge in [-0.1, -0.05) is 0 Å². The summed E-state index contributed by atoms with van der Waals surface area (Å²) in [5, 5.41) is 15.6. The molecule has 1 N–H and O–H groups in total. The lowest BCUT2D eigenvalue weighted by molar-refractivity contribution is 0.102. The van der Waals surface area contributed by atoms with Crippen LogP contribution in [0, 0.1) is 11.3 Å². The fourth-order valence-electron chi connectivity index (χ4n) is 1.90. The number of benzene rings is 1. The molecule has 0 spiro atoms. The molecule has 0 aliphatic rings. The van der Waals surface area contributed by atoms with Crippen molar-refractivity contribution in [1.82, 2.24) is 9.61 Å². The highest BCUT2D eigenvalue weighted by Crippen LogP contribution is 2.13. The van der Waals surface area contributed by atoms with Crippen molar-refractivity contribution < 1.29 is 4.79 Å². The van der Waals surface area contributed by atoms with Crippen molar-refractivity contribution in [1.29, 1.82) is 5.26 Å². The molecule has 0 radical (unpaired) electrons. The fourth-order valence-corrected chi connectivity index (χ4v) is 1.90. The summed E-state index contributed by atoms with van der Waals surface area (Å²) in [6, 6.07) is 14.0. The van der Waals surface area contributed by atoms with E-state index in [2.05, 4.69) is 10.4 Å². The van der Waals surface area contributed by atoms with E-state index in [0.717, 1.165) is 5.52 Å². The van der Waals surface area contributed by atoms with Gasteiger partial charge in [-0.2, -0.15) is 10.4 Å². The quantitative estimate of drug-likeness (QED) is 0.771. The maximum absolute atomic E-state index is 12.1. The number of nitrogens with zero attached hydrogens (tertiary/aromatic N) is 3. The molecule has 3 aromatic rings. The Morgan fingerprint density at radius 1 is 1.20 bits per heavy atom. The second-order valence-corrected chi connectivity index (χ2v) is 4.26. The molecule has 0 saturated carbocycles. The summed E-state index contributed by atoms with van der Waals surface area (Å²) >= 11 is 0. The minimum absolute atomic E-state index is 0.210. The Bertz CT molecular complexity index is 812. The Labute approximate surface area is 115 Å². The minimum atomic E-state index is -0.210. The van der Waals surface area contributed by atoms with Crippen molar-refractivity contribution in [2.75, 3.05) is 5.32 Å². The average molecular weight is 262 g/mol. The van der Waals surface area contributed by atoms with Gasteiger partial charge in [0.1, 0.15) is 0 Å². The van der Waals surface area contributed by atoms with Gasteiger partial charge in [0.15, 0.2) is 0 Å². The van der Waals surface area contributed by atoms with Crippen LogP contribution in [0.25, 0.3) is 5.52 Å². The topological polar surface area (TPSA) is 70.2 Å². The molecule has 2 heterocycles. The molecular formula is C15H10N4O.